The van der Waals surface area contributed by atoms with E-state index < -0.39 is 0 Å². The minimum atomic E-state index is 0.338. The highest BCUT2D eigenvalue weighted by atomic mass is 16.6. The topological polar surface area (TPSA) is 50.8 Å². The maximum absolute atomic E-state index is 5.25. The van der Waals surface area contributed by atoms with Crippen molar-refractivity contribution in [2.75, 3.05) is 13.2 Å². The highest BCUT2D eigenvalue weighted by Gasteiger charge is 2.24. The van der Waals surface area contributed by atoms with Gasteiger partial charge >= 0.3 is 0 Å². The van der Waals surface area contributed by atoms with Gasteiger partial charge in [0.1, 0.15) is 5.82 Å². The molecule has 0 amide bonds. The first kappa shape index (κ1) is 12.0. The molecule has 3 heterocycles. The van der Waals surface area contributed by atoms with Crippen molar-refractivity contribution in [2.24, 2.45) is 0 Å². The molecule has 102 valence electrons. The van der Waals surface area contributed by atoms with E-state index in [0.717, 1.165) is 43.0 Å². The van der Waals surface area contributed by atoms with E-state index in [0.29, 0.717) is 12.2 Å². The third-order valence-corrected chi connectivity index (χ3v) is 3.67. The van der Waals surface area contributed by atoms with Crippen LogP contribution in [-0.4, -0.2) is 35.4 Å². The molecule has 2 aromatic rings. The lowest BCUT2D eigenvalue weighted by atomic mass is 10.0. The molecule has 1 aromatic heterocycles. The number of benzene rings is 1. The van der Waals surface area contributed by atoms with Gasteiger partial charge in [-0.05, 0) is 11.1 Å². The van der Waals surface area contributed by atoms with E-state index in [-0.39, 0.29) is 0 Å². The molecule has 0 aliphatic carbocycles. The average molecular weight is 268 g/mol. The summed E-state index contributed by atoms with van der Waals surface area (Å²) < 4.78 is 10.4. The molecule has 2 aliphatic heterocycles. The number of aromatic nitrogens is 2. The van der Waals surface area contributed by atoms with Crippen LogP contribution in [0.25, 0.3) is 11.1 Å². The molecule has 2 fully saturated rings. The molecule has 0 bridgehead atoms. The first-order valence-electron chi connectivity index (χ1n) is 7.00. The van der Waals surface area contributed by atoms with Crippen molar-refractivity contribution in [2.45, 2.75) is 25.0 Å². The molecule has 4 rings (SSSR count). The maximum atomic E-state index is 5.25. The molecule has 0 N–H and O–H groups in total. The summed E-state index contributed by atoms with van der Waals surface area (Å²) in [6.07, 6.45) is 6.39. The van der Waals surface area contributed by atoms with Gasteiger partial charge in [-0.1, -0.05) is 24.3 Å². The van der Waals surface area contributed by atoms with E-state index >= 15 is 0 Å². The molecule has 4 nitrogen and oxygen atoms in total. The van der Waals surface area contributed by atoms with Crippen LogP contribution >= 0.6 is 0 Å². The average Bonchev–Trinajstić information content (AvgIpc) is 3.37. The van der Waals surface area contributed by atoms with Crippen LogP contribution in [0.4, 0.5) is 0 Å². The number of ether oxygens (including phenoxy) is 2. The second-order valence-corrected chi connectivity index (χ2v) is 5.40. The molecule has 2 unspecified atom stereocenters. The highest BCUT2D eigenvalue weighted by Crippen LogP contribution is 2.22. The number of rotatable bonds is 5. The smallest absolute Gasteiger partial charge is 0.130 e. The van der Waals surface area contributed by atoms with E-state index in [1.54, 1.807) is 0 Å². The van der Waals surface area contributed by atoms with E-state index in [1.807, 2.05) is 12.4 Å². The normalized spacial score (nSPS) is 23.6. The van der Waals surface area contributed by atoms with Crippen molar-refractivity contribution in [1.82, 2.24) is 9.97 Å². The van der Waals surface area contributed by atoms with Gasteiger partial charge < -0.3 is 9.47 Å². The summed E-state index contributed by atoms with van der Waals surface area (Å²) in [5.41, 5.74) is 3.53. The summed E-state index contributed by atoms with van der Waals surface area (Å²) in [5, 5.41) is 0. The van der Waals surface area contributed by atoms with Crippen molar-refractivity contribution in [1.29, 1.82) is 0 Å². The SMILES string of the molecule is c1cc(-c2cnc(CC3CO3)nc2)ccc1CC1CO1. The molecule has 4 heteroatoms. The summed E-state index contributed by atoms with van der Waals surface area (Å²) in [6.45, 7) is 1.75. The molecule has 0 radical (unpaired) electrons. The largest absolute Gasteiger partial charge is 0.373 e. The number of hydrogen-bond acceptors (Lipinski definition) is 4. The molecule has 1 aromatic carbocycles. The Morgan fingerprint density at radius 2 is 1.45 bits per heavy atom. The zero-order valence-corrected chi connectivity index (χ0v) is 11.2. The van der Waals surface area contributed by atoms with Gasteiger partial charge in [-0.3, -0.25) is 0 Å². The Labute approximate surface area is 117 Å². The molecule has 0 saturated carbocycles. The zero-order valence-electron chi connectivity index (χ0n) is 11.2. The molecule has 2 atom stereocenters. The second kappa shape index (κ2) is 4.96. The Hall–Kier alpha value is -1.78. The zero-order chi connectivity index (χ0) is 13.4. The third-order valence-electron chi connectivity index (χ3n) is 3.67. The van der Waals surface area contributed by atoms with Gasteiger partial charge in [0.2, 0.25) is 0 Å². The quantitative estimate of drug-likeness (QED) is 0.779. The Kier molecular flexibility index (Phi) is 2.98. The summed E-state index contributed by atoms with van der Waals surface area (Å²) in [6, 6.07) is 8.56. The molecule has 2 saturated heterocycles. The fourth-order valence-electron chi connectivity index (χ4n) is 2.28. The standard InChI is InChI=1S/C16H16N2O2/c1-3-12(4-2-11(1)5-14-9-19-14)13-7-17-16(18-8-13)6-15-10-20-15/h1-4,7-8,14-15H,5-6,9-10H2. The van der Waals surface area contributed by atoms with Crippen LogP contribution in [0.5, 0.6) is 0 Å². The van der Waals surface area contributed by atoms with Gasteiger partial charge in [0.25, 0.3) is 0 Å². The van der Waals surface area contributed by atoms with Crippen LogP contribution in [0.15, 0.2) is 36.7 Å². The summed E-state index contributed by atoms with van der Waals surface area (Å²) in [4.78, 5) is 8.81. The van der Waals surface area contributed by atoms with Gasteiger partial charge in [0.05, 0.1) is 25.4 Å². The van der Waals surface area contributed by atoms with Crippen molar-refractivity contribution in [3.05, 3.63) is 48.0 Å². The van der Waals surface area contributed by atoms with Crippen molar-refractivity contribution < 1.29 is 9.47 Å². The third kappa shape index (κ3) is 2.86. The van der Waals surface area contributed by atoms with Crippen LogP contribution in [0, 0.1) is 0 Å². The highest BCUT2D eigenvalue weighted by molar-refractivity contribution is 5.61. The number of nitrogens with zero attached hydrogens (tertiary/aromatic N) is 2. The van der Waals surface area contributed by atoms with Crippen molar-refractivity contribution in [3.63, 3.8) is 0 Å². The van der Waals surface area contributed by atoms with E-state index in [9.17, 15) is 0 Å². The lowest BCUT2D eigenvalue weighted by Gasteiger charge is -2.04. The Balaban J connectivity index is 1.47. The maximum Gasteiger partial charge on any atom is 0.130 e. The van der Waals surface area contributed by atoms with Crippen LogP contribution in [-0.2, 0) is 22.3 Å². The van der Waals surface area contributed by atoms with Gasteiger partial charge in [-0.2, -0.15) is 0 Å². The van der Waals surface area contributed by atoms with E-state index in [4.69, 9.17) is 9.47 Å². The summed E-state index contributed by atoms with van der Waals surface area (Å²) >= 11 is 0. The van der Waals surface area contributed by atoms with E-state index in [1.165, 1.54) is 5.56 Å². The monoisotopic (exact) mass is 268 g/mol. The molecule has 20 heavy (non-hydrogen) atoms. The van der Waals surface area contributed by atoms with Crippen LogP contribution in [0.2, 0.25) is 0 Å². The van der Waals surface area contributed by atoms with Crippen LogP contribution in [0.1, 0.15) is 11.4 Å². The minimum absolute atomic E-state index is 0.338. The number of hydrogen-bond donors (Lipinski definition) is 0. The molecule has 0 spiro atoms. The van der Waals surface area contributed by atoms with E-state index in [2.05, 4.69) is 34.2 Å². The lowest BCUT2D eigenvalue weighted by molar-refractivity contribution is 0.404. The lowest BCUT2D eigenvalue weighted by Crippen LogP contribution is -1.99. The second-order valence-electron chi connectivity index (χ2n) is 5.40. The summed E-state index contributed by atoms with van der Waals surface area (Å²) in [7, 11) is 0. The van der Waals surface area contributed by atoms with Gasteiger partial charge in [0.15, 0.2) is 0 Å². The van der Waals surface area contributed by atoms with Crippen LogP contribution in [0.3, 0.4) is 0 Å². The summed E-state index contributed by atoms with van der Waals surface area (Å²) in [5.74, 6) is 0.860. The number of epoxide rings is 2. The Morgan fingerprint density at radius 1 is 0.850 bits per heavy atom. The van der Waals surface area contributed by atoms with Gasteiger partial charge in [0, 0.05) is 30.8 Å². The minimum Gasteiger partial charge on any atom is -0.373 e. The first-order valence-corrected chi connectivity index (χ1v) is 7.00. The molecule has 2 aliphatic rings. The van der Waals surface area contributed by atoms with Crippen molar-refractivity contribution >= 4 is 0 Å². The van der Waals surface area contributed by atoms with Gasteiger partial charge in [-0.25, -0.2) is 9.97 Å². The van der Waals surface area contributed by atoms with Gasteiger partial charge in [-0.15, -0.1) is 0 Å². The fourth-order valence-corrected chi connectivity index (χ4v) is 2.28. The Bertz CT molecular complexity index is 531. The predicted octanol–water partition coefficient (Wildman–Crippen LogP) is 2.03. The Morgan fingerprint density at radius 3 is 2.05 bits per heavy atom. The first-order chi connectivity index (χ1) is 9.87. The van der Waals surface area contributed by atoms with Crippen LogP contribution < -0.4 is 0 Å². The molecular formula is C16H16N2O2. The molecular weight excluding hydrogens is 252 g/mol. The fraction of sp³-hybridized carbons (Fsp3) is 0.375. The predicted molar refractivity (Wildman–Crippen MR) is 74.4 cm³/mol. The van der Waals surface area contributed by atoms with Crippen molar-refractivity contribution in [3.8, 4) is 11.1 Å².